The van der Waals surface area contributed by atoms with Gasteiger partial charge in [0.15, 0.2) is 0 Å². The molecule has 1 aromatic heterocycles. The highest BCUT2D eigenvalue weighted by atomic mass is 32.1. The van der Waals surface area contributed by atoms with Crippen LogP contribution < -0.4 is 10.2 Å². The van der Waals surface area contributed by atoms with Crippen LogP contribution in [0.1, 0.15) is 34.0 Å². The lowest BCUT2D eigenvalue weighted by molar-refractivity contribution is 0.246. The first-order chi connectivity index (χ1) is 10.1. The molecule has 4 nitrogen and oxygen atoms in total. The molecule has 1 atom stereocenters. The molecule has 110 valence electrons. The molecule has 2 amide bonds. The topological polar surface area (TPSA) is 45.2 Å². The van der Waals surface area contributed by atoms with Crippen LogP contribution in [0, 0.1) is 13.8 Å². The summed E-state index contributed by atoms with van der Waals surface area (Å²) in [5, 5.41) is 4.05. The van der Waals surface area contributed by atoms with Crippen molar-refractivity contribution in [3.05, 3.63) is 45.4 Å². The summed E-state index contributed by atoms with van der Waals surface area (Å²) in [4.78, 5) is 19.8. The Kier molecular flexibility index (Phi) is 3.68. The number of amides is 2. The second-order valence-electron chi connectivity index (χ2n) is 5.47. The third-order valence-electron chi connectivity index (χ3n) is 3.86. The van der Waals surface area contributed by atoms with Gasteiger partial charge in [0.05, 0.1) is 17.2 Å². The van der Waals surface area contributed by atoms with E-state index in [1.165, 1.54) is 5.56 Å². The van der Waals surface area contributed by atoms with Gasteiger partial charge in [-0.2, -0.15) is 0 Å². The van der Waals surface area contributed by atoms with Crippen molar-refractivity contribution in [2.45, 2.75) is 33.2 Å². The van der Waals surface area contributed by atoms with Crippen molar-refractivity contribution in [3.63, 3.8) is 0 Å². The monoisotopic (exact) mass is 301 g/mol. The summed E-state index contributed by atoms with van der Waals surface area (Å²) in [6.45, 7) is 7.41. The number of hydrogen-bond donors (Lipinski definition) is 1. The van der Waals surface area contributed by atoms with Crippen LogP contribution in [0.4, 0.5) is 10.5 Å². The molecule has 1 aliphatic rings. The normalized spacial score (nSPS) is 16.9. The number of benzene rings is 1. The Bertz CT molecular complexity index is 680. The van der Waals surface area contributed by atoms with Crippen LogP contribution in [0.2, 0.25) is 0 Å². The largest absolute Gasteiger partial charge is 0.333 e. The summed E-state index contributed by atoms with van der Waals surface area (Å²) < 4.78 is 0. The number of anilines is 1. The molecule has 0 aliphatic carbocycles. The molecule has 0 saturated heterocycles. The van der Waals surface area contributed by atoms with E-state index in [0.717, 1.165) is 27.8 Å². The van der Waals surface area contributed by atoms with E-state index in [9.17, 15) is 4.79 Å². The van der Waals surface area contributed by atoms with Crippen molar-refractivity contribution in [1.29, 1.82) is 0 Å². The average Bonchev–Trinajstić information content (AvgIpc) is 2.97. The van der Waals surface area contributed by atoms with Crippen LogP contribution in [-0.4, -0.2) is 17.6 Å². The number of rotatable bonds is 2. The van der Waals surface area contributed by atoms with Crippen LogP contribution in [0.15, 0.2) is 24.3 Å². The number of carbonyl (C=O) groups is 1. The number of nitrogens with zero attached hydrogens (tertiary/aromatic N) is 2. The van der Waals surface area contributed by atoms with E-state index < -0.39 is 0 Å². The predicted octanol–water partition coefficient (Wildman–Crippen LogP) is 3.59. The smallest absolute Gasteiger partial charge is 0.322 e. The first kappa shape index (κ1) is 14.1. The lowest BCUT2D eigenvalue weighted by atomic mass is 10.0. The van der Waals surface area contributed by atoms with Gasteiger partial charge in [-0.1, -0.05) is 25.1 Å². The molecule has 0 radical (unpaired) electrons. The molecule has 0 fully saturated rings. The average molecular weight is 301 g/mol. The fourth-order valence-corrected chi connectivity index (χ4v) is 3.68. The summed E-state index contributed by atoms with van der Waals surface area (Å²) >= 11 is 1.64. The summed E-state index contributed by atoms with van der Waals surface area (Å²) in [6.07, 6.45) is 0. The molecule has 21 heavy (non-hydrogen) atoms. The van der Waals surface area contributed by atoms with E-state index in [1.807, 2.05) is 36.9 Å². The van der Waals surface area contributed by atoms with E-state index in [2.05, 4.69) is 23.3 Å². The van der Waals surface area contributed by atoms with Gasteiger partial charge in [-0.25, -0.2) is 9.78 Å². The number of para-hydroxylation sites is 1. The fraction of sp³-hybridized carbons (Fsp3) is 0.375. The first-order valence-electron chi connectivity index (χ1n) is 7.13. The highest BCUT2D eigenvalue weighted by Gasteiger charge is 2.29. The first-order valence-corrected chi connectivity index (χ1v) is 7.95. The van der Waals surface area contributed by atoms with Crippen LogP contribution in [0.5, 0.6) is 0 Å². The maximum absolute atomic E-state index is 12.4. The quantitative estimate of drug-likeness (QED) is 0.921. The highest BCUT2D eigenvalue weighted by Crippen LogP contribution is 2.35. The summed E-state index contributed by atoms with van der Waals surface area (Å²) in [5.74, 6) is 0.388. The standard InChI is InChI=1S/C16H19N3OS/c1-10-9-19(14-7-5-4-6-13(10)14)16(20)17-8-15-11(2)18-12(3)21-15/h4-7,10H,8-9H2,1-3H3,(H,17,20). The maximum atomic E-state index is 12.4. The zero-order valence-corrected chi connectivity index (χ0v) is 13.3. The Morgan fingerprint density at radius 2 is 2.19 bits per heavy atom. The lowest BCUT2D eigenvalue weighted by Gasteiger charge is -2.18. The molecule has 1 N–H and O–H groups in total. The molecule has 1 aromatic carbocycles. The number of carbonyl (C=O) groups excluding carboxylic acids is 1. The van der Waals surface area contributed by atoms with Gasteiger partial charge in [0, 0.05) is 23.0 Å². The number of fused-ring (bicyclic) bond motifs is 1. The third kappa shape index (κ3) is 2.65. The van der Waals surface area contributed by atoms with E-state index in [0.29, 0.717) is 12.5 Å². The minimum absolute atomic E-state index is 0.0303. The van der Waals surface area contributed by atoms with E-state index in [-0.39, 0.29) is 6.03 Å². The Balaban J connectivity index is 1.71. The van der Waals surface area contributed by atoms with Gasteiger partial charge in [0.25, 0.3) is 0 Å². The second kappa shape index (κ2) is 5.48. The summed E-state index contributed by atoms with van der Waals surface area (Å²) in [6, 6.07) is 8.09. The third-order valence-corrected chi connectivity index (χ3v) is 4.93. The summed E-state index contributed by atoms with van der Waals surface area (Å²) in [7, 11) is 0. The van der Waals surface area contributed by atoms with E-state index in [1.54, 1.807) is 11.3 Å². The molecular formula is C16H19N3OS. The number of aryl methyl sites for hydroxylation is 2. The van der Waals surface area contributed by atoms with Crippen molar-refractivity contribution in [2.24, 2.45) is 0 Å². The van der Waals surface area contributed by atoms with Crippen molar-refractivity contribution in [1.82, 2.24) is 10.3 Å². The molecule has 1 unspecified atom stereocenters. The molecule has 2 heterocycles. The maximum Gasteiger partial charge on any atom is 0.322 e. The molecule has 1 aliphatic heterocycles. The Labute approximate surface area is 128 Å². The van der Waals surface area contributed by atoms with E-state index >= 15 is 0 Å². The number of aromatic nitrogens is 1. The minimum atomic E-state index is -0.0303. The SMILES string of the molecule is Cc1nc(C)c(CNC(=O)N2CC(C)c3ccccc32)s1. The Morgan fingerprint density at radius 3 is 2.90 bits per heavy atom. The minimum Gasteiger partial charge on any atom is -0.333 e. The van der Waals surface area contributed by atoms with Gasteiger partial charge in [0.2, 0.25) is 0 Å². The number of urea groups is 1. The molecular weight excluding hydrogens is 282 g/mol. The molecule has 5 heteroatoms. The van der Waals surface area contributed by atoms with Crippen molar-refractivity contribution in [3.8, 4) is 0 Å². The second-order valence-corrected chi connectivity index (χ2v) is 6.76. The van der Waals surface area contributed by atoms with Crippen molar-refractivity contribution in [2.75, 3.05) is 11.4 Å². The van der Waals surface area contributed by atoms with Crippen molar-refractivity contribution >= 4 is 23.1 Å². The lowest BCUT2D eigenvalue weighted by Crippen LogP contribution is -2.38. The van der Waals surface area contributed by atoms with Gasteiger partial charge in [-0.15, -0.1) is 11.3 Å². The zero-order chi connectivity index (χ0) is 15.0. The van der Waals surface area contributed by atoms with Crippen LogP contribution >= 0.6 is 11.3 Å². The van der Waals surface area contributed by atoms with Crippen LogP contribution in [-0.2, 0) is 6.54 Å². The Hall–Kier alpha value is -1.88. The van der Waals surface area contributed by atoms with Crippen molar-refractivity contribution < 1.29 is 4.79 Å². The van der Waals surface area contributed by atoms with Crippen LogP contribution in [0.25, 0.3) is 0 Å². The number of nitrogens with one attached hydrogen (secondary N) is 1. The van der Waals surface area contributed by atoms with Gasteiger partial charge < -0.3 is 5.32 Å². The van der Waals surface area contributed by atoms with Gasteiger partial charge >= 0.3 is 6.03 Å². The Morgan fingerprint density at radius 1 is 1.43 bits per heavy atom. The number of thiazole rings is 1. The summed E-state index contributed by atoms with van der Waals surface area (Å²) in [5.41, 5.74) is 3.28. The molecule has 0 spiro atoms. The zero-order valence-electron chi connectivity index (χ0n) is 12.5. The molecule has 3 rings (SSSR count). The van der Waals surface area contributed by atoms with E-state index in [4.69, 9.17) is 0 Å². The fourth-order valence-electron chi connectivity index (χ4n) is 2.80. The van der Waals surface area contributed by atoms with Gasteiger partial charge in [0.1, 0.15) is 0 Å². The van der Waals surface area contributed by atoms with Crippen LogP contribution in [0.3, 0.4) is 0 Å². The molecule has 2 aromatic rings. The highest BCUT2D eigenvalue weighted by molar-refractivity contribution is 7.11. The predicted molar refractivity (Wildman–Crippen MR) is 86.0 cm³/mol. The number of hydrogen-bond acceptors (Lipinski definition) is 3. The van der Waals surface area contributed by atoms with Gasteiger partial charge in [-0.3, -0.25) is 4.90 Å². The molecule has 0 bridgehead atoms. The molecule has 0 saturated carbocycles. The van der Waals surface area contributed by atoms with Gasteiger partial charge in [-0.05, 0) is 25.5 Å².